The Morgan fingerprint density at radius 1 is 1.20 bits per heavy atom. The molecule has 1 rings (SSSR count). The van der Waals surface area contributed by atoms with Crippen LogP contribution in [-0.4, -0.2) is 6.04 Å². The van der Waals surface area contributed by atoms with Gasteiger partial charge in [0.1, 0.15) is 0 Å². The summed E-state index contributed by atoms with van der Waals surface area (Å²) in [5, 5.41) is 0.776. The molecule has 0 saturated carbocycles. The number of benzene rings is 1. The quantitative estimate of drug-likeness (QED) is 0.848. The van der Waals surface area contributed by atoms with Crippen molar-refractivity contribution in [1.29, 1.82) is 0 Å². The van der Waals surface area contributed by atoms with E-state index in [1.807, 2.05) is 24.3 Å². The van der Waals surface area contributed by atoms with Crippen molar-refractivity contribution in [1.82, 2.24) is 0 Å². The van der Waals surface area contributed by atoms with Crippen molar-refractivity contribution >= 4 is 24.0 Å². The molecule has 0 radical (unpaired) electrons. The monoisotopic (exact) mass is 247 g/mol. The smallest absolute Gasteiger partial charge is 0.0406 e. The normalized spacial score (nSPS) is 13.1. The maximum Gasteiger partial charge on any atom is 0.0406 e. The van der Waals surface area contributed by atoms with E-state index < -0.39 is 0 Å². The molecule has 0 saturated heterocycles. The Balaban J connectivity index is 0.00000196. The van der Waals surface area contributed by atoms with E-state index >= 15 is 0 Å². The first-order chi connectivity index (χ1) is 6.39. The Morgan fingerprint density at radius 3 is 2.07 bits per heavy atom. The predicted octanol–water partition coefficient (Wildman–Crippen LogP) is 3.68. The van der Waals surface area contributed by atoms with E-state index in [4.69, 9.17) is 17.3 Å². The van der Waals surface area contributed by atoms with Gasteiger partial charge in [-0.3, -0.25) is 0 Å². The Hall–Kier alpha value is -0.240. The Kier molecular flexibility index (Phi) is 5.65. The summed E-state index contributed by atoms with van der Waals surface area (Å²) < 4.78 is 0. The van der Waals surface area contributed by atoms with Crippen LogP contribution < -0.4 is 5.73 Å². The number of halogens is 2. The topological polar surface area (TPSA) is 26.0 Å². The molecular weight excluding hydrogens is 229 g/mol. The van der Waals surface area contributed by atoms with Crippen LogP contribution in [0.2, 0.25) is 5.02 Å². The molecule has 0 aliphatic carbocycles. The van der Waals surface area contributed by atoms with Gasteiger partial charge >= 0.3 is 0 Å². The highest BCUT2D eigenvalue weighted by Gasteiger charge is 2.20. The zero-order valence-corrected chi connectivity index (χ0v) is 11.0. The van der Waals surface area contributed by atoms with Crippen LogP contribution in [0.15, 0.2) is 24.3 Å². The van der Waals surface area contributed by atoms with Crippen molar-refractivity contribution in [2.75, 3.05) is 0 Å². The Labute approximate surface area is 103 Å². The van der Waals surface area contributed by atoms with E-state index in [2.05, 4.69) is 20.8 Å². The Bertz CT molecular complexity index is 287. The van der Waals surface area contributed by atoms with Gasteiger partial charge in [-0.05, 0) is 29.5 Å². The lowest BCUT2D eigenvalue weighted by molar-refractivity contribution is 0.318. The molecule has 86 valence electrons. The van der Waals surface area contributed by atoms with E-state index in [9.17, 15) is 0 Å². The van der Waals surface area contributed by atoms with Crippen molar-refractivity contribution in [3.8, 4) is 0 Å². The average molecular weight is 248 g/mol. The minimum absolute atomic E-state index is 0. The first-order valence-corrected chi connectivity index (χ1v) is 5.27. The number of nitrogens with two attached hydrogens (primary N) is 1. The summed E-state index contributed by atoms with van der Waals surface area (Å²) >= 11 is 5.81. The molecule has 3 heteroatoms. The van der Waals surface area contributed by atoms with Crippen LogP contribution in [0.5, 0.6) is 0 Å². The van der Waals surface area contributed by atoms with E-state index in [1.54, 1.807) is 0 Å². The van der Waals surface area contributed by atoms with Crippen LogP contribution in [0.3, 0.4) is 0 Å². The van der Waals surface area contributed by atoms with E-state index in [0.29, 0.717) is 0 Å². The molecule has 2 N–H and O–H groups in total. The van der Waals surface area contributed by atoms with Gasteiger partial charge in [-0.25, -0.2) is 0 Å². The fourth-order valence-electron chi connectivity index (χ4n) is 1.18. The standard InChI is InChI=1S/C12H18ClN.ClH/c1-12(2,3)11(14)8-9-4-6-10(13)7-5-9;/h4-7,11H,8,14H2,1-3H3;1H. The van der Waals surface area contributed by atoms with E-state index in [-0.39, 0.29) is 23.9 Å². The largest absolute Gasteiger partial charge is 0.327 e. The fraction of sp³-hybridized carbons (Fsp3) is 0.500. The number of hydrogen-bond acceptors (Lipinski definition) is 1. The molecule has 0 aliphatic heterocycles. The van der Waals surface area contributed by atoms with Gasteiger partial charge in [0.05, 0.1) is 0 Å². The Morgan fingerprint density at radius 2 is 1.67 bits per heavy atom. The molecule has 0 spiro atoms. The molecule has 15 heavy (non-hydrogen) atoms. The minimum Gasteiger partial charge on any atom is -0.327 e. The lowest BCUT2D eigenvalue weighted by Crippen LogP contribution is -2.36. The second-order valence-electron chi connectivity index (χ2n) is 4.80. The second-order valence-corrected chi connectivity index (χ2v) is 5.24. The van der Waals surface area contributed by atoms with Crippen LogP contribution in [0.25, 0.3) is 0 Å². The molecule has 1 unspecified atom stereocenters. The molecule has 0 fully saturated rings. The number of hydrogen-bond donors (Lipinski definition) is 1. The molecular formula is C12H19Cl2N. The van der Waals surface area contributed by atoms with Crippen molar-refractivity contribution < 1.29 is 0 Å². The zero-order chi connectivity index (χ0) is 10.8. The first kappa shape index (κ1) is 14.8. The van der Waals surface area contributed by atoms with Gasteiger partial charge < -0.3 is 5.73 Å². The van der Waals surface area contributed by atoms with E-state index in [1.165, 1.54) is 5.56 Å². The second kappa shape index (κ2) is 5.74. The van der Waals surface area contributed by atoms with Gasteiger partial charge in [-0.2, -0.15) is 0 Å². The molecule has 0 amide bonds. The van der Waals surface area contributed by atoms with Crippen molar-refractivity contribution in [3.05, 3.63) is 34.9 Å². The third kappa shape index (κ3) is 4.87. The van der Waals surface area contributed by atoms with Gasteiger partial charge in [0.2, 0.25) is 0 Å². The molecule has 1 nitrogen and oxygen atoms in total. The third-order valence-electron chi connectivity index (χ3n) is 2.48. The molecule has 0 aromatic heterocycles. The molecule has 0 bridgehead atoms. The van der Waals surface area contributed by atoms with Crippen molar-refractivity contribution in [2.24, 2.45) is 11.1 Å². The van der Waals surface area contributed by atoms with Crippen LogP contribution in [0, 0.1) is 5.41 Å². The lowest BCUT2D eigenvalue weighted by atomic mass is 9.84. The minimum atomic E-state index is 0. The first-order valence-electron chi connectivity index (χ1n) is 4.89. The highest BCUT2D eigenvalue weighted by atomic mass is 35.5. The fourth-order valence-corrected chi connectivity index (χ4v) is 1.31. The van der Waals surface area contributed by atoms with Crippen LogP contribution >= 0.6 is 24.0 Å². The van der Waals surface area contributed by atoms with E-state index in [0.717, 1.165) is 11.4 Å². The van der Waals surface area contributed by atoms with Crippen molar-refractivity contribution in [2.45, 2.75) is 33.2 Å². The SMILES string of the molecule is CC(C)(C)C(N)Cc1ccc(Cl)cc1.Cl. The molecule has 0 aliphatic rings. The van der Waals surface area contributed by atoms with Crippen molar-refractivity contribution in [3.63, 3.8) is 0 Å². The highest BCUT2D eigenvalue weighted by Crippen LogP contribution is 2.21. The maximum absolute atomic E-state index is 6.09. The molecule has 1 aromatic carbocycles. The third-order valence-corrected chi connectivity index (χ3v) is 2.73. The van der Waals surface area contributed by atoms with Gasteiger partial charge in [0.25, 0.3) is 0 Å². The van der Waals surface area contributed by atoms with Gasteiger partial charge in [-0.1, -0.05) is 44.5 Å². The summed E-state index contributed by atoms with van der Waals surface area (Å²) in [7, 11) is 0. The average Bonchev–Trinajstić information content (AvgIpc) is 2.07. The highest BCUT2D eigenvalue weighted by molar-refractivity contribution is 6.30. The molecule has 1 atom stereocenters. The summed E-state index contributed by atoms with van der Waals surface area (Å²) in [6.07, 6.45) is 0.903. The van der Waals surface area contributed by atoms with Crippen LogP contribution in [0.1, 0.15) is 26.3 Å². The summed E-state index contributed by atoms with van der Waals surface area (Å²) in [5.41, 5.74) is 7.49. The van der Waals surface area contributed by atoms with Gasteiger partial charge in [0.15, 0.2) is 0 Å². The zero-order valence-electron chi connectivity index (χ0n) is 9.46. The molecule has 1 aromatic rings. The lowest BCUT2D eigenvalue weighted by Gasteiger charge is -2.27. The summed E-state index contributed by atoms with van der Waals surface area (Å²) in [6, 6.07) is 8.07. The summed E-state index contributed by atoms with van der Waals surface area (Å²) in [6.45, 7) is 6.48. The maximum atomic E-state index is 6.09. The summed E-state index contributed by atoms with van der Waals surface area (Å²) in [4.78, 5) is 0. The van der Waals surface area contributed by atoms with Gasteiger partial charge in [-0.15, -0.1) is 12.4 Å². The van der Waals surface area contributed by atoms with Crippen LogP contribution in [0.4, 0.5) is 0 Å². The summed E-state index contributed by atoms with van der Waals surface area (Å²) in [5.74, 6) is 0. The number of rotatable bonds is 2. The molecule has 0 heterocycles. The van der Waals surface area contributed by atoms with Gasteiger partial charge in [0, 0.05) is 11.1 Å². The predicted molar refractivity (Wildman–Crippen MR) is 69.8 cm³/mol. The van der Waals surface area contributed by atoms with Crippen LogP contribution in [-0.2, 0) is 6.42 Å².